The molecule has 1 heterocycles. The van der Waals surface area contributed by atoms with Gasteiger partial charge in [-0.3, -0.25) is 4.98 Å². The number of unbranched alkanes of at least 4 members (excludes halogenated alkanes) is 1. The van der Waals surface area contributed by atoms with Gasteiger partial charge < -0.3 is 10.2 Å². The minimum Gasteiger partial charge on any atom is -0.505 e. The van der Waals surface area contributed by atoms with E-state index in [2.05, 4.69) is 11.1 Å². The first kappa shape index (κ1) is 16.2. The lowest BCUT2D eigenvalue weighted by Gasteiger charge is -2.03. The number of pyridine rings is 1. The van der Waals surface area contributed by atoms with Gasteiger partial charge in [0.2, 0.25) is 0 Å². The lowest BCUT2D eigenvalue weighted by molar-refractivity contribution is 0.182. The second-order valence-electron chi connectivity index (χ2n) is 5.33. The number of phenols is 1. The summed E-state index contributed by atoms with van der Waals surface area (Å²) in [6.07, 6.45) is 8.18. The average Bonchev–Trinajstić information content (AvgIpc) is 2.50. The molecule has 1 aromatic heterocycles. The number of phenolic OH excluding ortho intramolecular Hbond substituents is 1. The number of allylic oxidation sites excluding steroid dienone is 1. The molecule has 0 saturated heterocycles. The molecule has 1 unspecified atom stereocenters. The Morgan fingerprint density at radius 1 is 1.27 bits per heavy atom. The van der Waals surface area contributed by atoms with E-state index < -0.39 is 5.82 Å². The second kappa shape index (κ2) is 7.71. The van der Waals surface area contributed by atoms with Crippen LogP contribution in [0.15, 0.2) is 42.6 Å². The fraction of sp³-hybridized carbons (Fsp3) is 0.278. The predicted octanol–water partition coefficient (Wildman–Crippen LogP) is 4.16. The van der Waals surface area contributed by atoms with Gasteiger partial charge in [0.1, 0.15) is 0 Å². The quantitative estimate of drug-likeness (QED) is 0.788. The molecule has 0 spiro atoms. The molecule has 4 heteroatoms. The molecule has 0 bridgehead atoms. The summed E-state index contributed by atoms with van der Waals surface area (Å²) >= 11 is 0. The van der Waals surface area contributed by atoms with E-state index in [9.17, 15) is 9.50 Å². The van der Waals surface area contributed by atoms with Crippen LogP contribution in [0.25, 0.3) is 17.3 Å². The monoisotopic (exact) mass is 301 g/mol. The molecule has 1 aromatic carbocycles. The van der Waals surface area contributed by atoms with Gasteiger partial charge in [0, 0.05) is 11.8 Å². The van der Waals surface area contributed by atoms with Crippen molar-refractivity contribution in [1.29, 1.82) is 0 Å². The van der Waals surface area contributed by atoms with E-state index in [1.807, 2.05) is 18.2 Å². The molecule has 116 valence electrons. The number of aliphatic hydroxyl groups is 1. The number of rotatable bonds is 6. The third-order valence-electron chi connectivity index (χ3n) is 3.33. The molecule has 2 N–H and O–H groups in total. The van der Waals surface area contributed by atoms with Gasteiger partial charge in [-0.15, -0.1) is 0 Å². The van der Waals surface area contributed by atoms with Crippen LogP contribution in [0.1, 0.15) is 31.7 Å². The molecule has 0 amide bonds. The van der Waals surface area contributed by atoms with Crippen molar-refractivity contribution in [2.45, 2.75) is 32.3 Å². The Balaban J connectivity index is 1.98. The number of aliphatic hydroxyl groups excluding tert-OH is 1. The summed E-state index contributed by atoms with van der Waals surface area (Å²) < 4.78 is 13.3. The molecular weight excluding hydrogens is 281 g/mol. The maximum atomic E-state index is 13.3. The van der Waals surface area contributed by atoms with Crippen molar-refractivity contribution >= 4 is 6.08 Å². The highest BCUT2D eigenvalue weighted by atomic mass is 19.1. The maximum Gasteiger partial charge on any atom is 0.165 e. The Morgan fingerprint density at radius 2 is 2.09 bits per heavy atom. The van der Waals surface area contributed by atoms with Gasteiger partial charge in [0.15, 0.2) is 11.6 Å². The molecule has 0 aliphatic carbocycles. The fourth-order valence-electron chi connectivity index (χ4n) is 2.09. The highest BCUT2D eigenvalue weighted by Crippen LogP contribution is 2.23. The van der Waals surface area contributed by atoms with Gasteiger partial charge in [-0.05, 0) is 56.0 Å². The van der Waals surface area contributed by atoms with Crippen LogP contribution in [0.3, 0.4) is 0 Å². The number of aromatic nitrogens is 1. The molecule has 0 aliphatic rings. The van der Waals surface area contributed by atoms with E-state index in [1.54, 1.807) is 19.2 Å². The van der Waals surface area contributed by atoms with Crippen molar-refractivity contribution in [3.8, 4) is 17.0 Å². The summed E-state index contributed by atoms with van der Waals surface area (Å²) in [5.41, 5.74) is 2.26. The van der Waals surface area contributed by atoms with Gasteiger partial charge in [0.05, 0.1) is 11.8 Å². The summed E-state index contributed by atoms with van der Waals surface area (Å²) in [5.74, 6) is -1.01. The average molecular weight is 301 g/mol. The molecule has 3 nitrogen and oxygen atoms in total. The molecule has 2 aromatic rings. The minimum absolute atomic E-state index is 0.250. The van der Waals surface area contributed by atoms with Gasteiger partial charge >= 0.3 is 0 Å². The van der Waals surface area contributed by atoms with Crippen molar-refractivity contribution < 1.29 is 14.6 Å². The highest BCUT2D eigenvalue weighted by molar-refractivity contribution is 5.62. The Hall–Kier alpha value is -2.20. The van der Waals surface area contributed by atoms with E-state index in [-0.39, 0.29) is 11.9 Å². The summed E-state index contributed by atoms with van der Waals surface area (Å²) in [5, 5.41) is 18.4. The van der Waals surface area contributed by atoms with Gasteiger partial charge in [-0.1, -0.05) is 18.2 Å². The molecule has 0 radical (unpaired) electrons. The van der Waals surface area contributed by atoms with Crippen LogP contribution in [0, 0.1) is 5.82 Å². The smallest absolute Gasteiger partial charge is 0.165 e. The number of aromatic hydroxyl groups is 1. The number of halogens is 1. The minimum atomic E-state index is -0.651. The van der Waals surface area contributed by atoms with Crippen LogP contribution >= 0.6 is 0 Å². The van der Waals surface area contributed by atoms with Crippen LogP contribution in [0.2, 0.25) is 0 Å². The van der Waals surface area contributed by atoms with Crippen LogP contribution in [-0.2, 0) is 0 Å². The molecule has 0 saturated carbocycles. The summed E-state index contributed by atoms with van der Waals surface area (Å²) in [7, 11) is 0. The van der Waals surface area contributed by atoms with Crippen molar-refractivity contribution in [2.75, 3.05) is 0 Å². The first-order valence-corrected chi connectivity index (χ1v) is 7.36. The molecule has 22 heavy (non-hydrogen) atoms. The number of hydrogen-bond donors (Lipinski definition) is 2. The SMILES string of the molecule is CC(O)CCCC=Cc1ccc(-c2ccc(O)c(F)c2)nc1. The number of nitrogens with zero attached hydrogens (tertiary/aromatic N) is 1. The van der Waals surface area contributed by atoms with Crippen LogP contribution in [0.4, 0.5) is 4.39 Å². The zero-order valence-electron chi connectivity index (χ0n) is 12.5. The second-order valence-corrected chi connectivity index (χ2v) is 5.33. The van der Waals surface area contributed by atoms with Gasteiger partial charge in [0.25, 0.3) is 0 Å². The number of benzene rings is 1. The third-order valence-corrected chi connectivity index (χ3v) is 3.33. The Labute approximate surface area is 129 Å². The Bertz CT molecular complexity index is 636. The molecular formula is C18H20FNO2. The fourth-order valence-corrected chi connectivity index (χ4v) is 2.09. The first-order chi connectivity index (χ1) is 10.6. The van der Waals surface area contributed by atoms with Crippen molar-refractivity contribution in [2.24, 2.45) is 0 Å². The van der Waals surface area contributed by atoms with Gasteiger partial charge in [-0.25, -0.2) is 4.39 Å². The van der Waals surface area contributed by atoms with Crippen molar-refractivity contribution in [1.82, 2.24) is 4.98 Å². The zero-order chi connectivity index (χ0) is 15.9. The van der Waals surface area contributed by atoms with E-state index >= 15 is 0 Å². The zero-order valence-corrected chi connectivity index (χ0v) is 12.5. The Morgan fingerprint density at radius 3 is 2.73 bits per heavy atom. The maximum absolute atomic E-state index is 13.3. The van der Waals surface area contributed by atoms with E-state index in [0.29, 0.717) is 11.3 Å². The van der Waals surface area contributed by atoms with Gasteiger partial charge in [-0.2, -0.15) is 0 Å². The summed E-state index contributed by atoms with van der Waals surface area (Å²) in [6, 6.07) is 7.96. The van der Waals surface area contributed by atoms with Crippen molar-refractivity contribution in [3.05, 3.63) is 54.0 Å². The van der Waals surface area contributed by atoms with Crippen LogP contribution in [0.5, 0.6) is 5.75 Å². The van der Waals surface area contributed by atoms with E-state index in [1.165, 1.54) is 12.1 Å². The lowest BCUT2D eigenvalue weighted by Crippen LogP contribution is -1.97. The first-order valence-electron chi connectivity index (χ1n) is 7.36. The molecule has 0 fully saturated rings. The van der Waals surface area contributed by atoms with E-state index in [4.69, 9.17) is 5.11 Å². The molecule has 1 atom stereocenters. The standard InChI is InChI=1S/C18H20FNO2/c1-13(21)5-3-2-4-6-14-7-9-17(20-12-14)15-8-10-18(22)16(19)11-15/h4,6-13,21-22H,2-3,5H2,1H3. The largest absolute Gasteiger partial charge is 0.505 e. The molecule has 2 rings (SSSR count). The van der Waals surface area contributed by atoms with Crippen LogP contribution < -0.4 is 0 Å². The highest BCUT2D eigenvalue weighted by Gasteiger charge is 2.04. The molecule has 0 aliphatic heterocycles. The predicted molar refractivity (Wildman–Crippen MR) is 85.9 cm³/mol. The normalized spacial score (nSPS) is 12.7. The Kier molecular flexibility index (Phi) is 5.67. The summed E-state index contributed by atoms with van der Waals surface area (Å²) in [6.45, 7) is 1.79. The third kappa shape index (κ3) is 4.67. The lowest BCUT2D eigenvalue weighted by atomic mass is 10.1. The number of hydrogen-bond acceptors (Lipinski definition) is 3. The van der Waals surface area contributed by atoms with Crippen LogP contribution in [-0.4, -0.2) is 21.3 Å². The van der Waals surface area contributed by atoms with E-state index in [0.717, 1.165) is 24.8 Å². The van der Waals surface area contributed by atoms with Crippen molar-refractivity contribution in [3.63, 3.8) is 0 Å². The summed E-state index contributed by atoms with van der Waals surface area (Å²) in [4.78, 5) is 4.31. The topological polar surface area (TPSA) is 53.4 Å².